The van der Waals surface area contributed by atoms with Gasteiger partial charge in [0, 0.05) is 17.4 Å². The fourth-order valence-electron chi connectivity index (χ4n) is 2.43. The lowest BCUT2D eigenvalue weighted by Gasteiger charge is -2.15. The summed E-state index contributed by atoms with van der Waals surface area (Å²) in [5.41, 5.74) is 2.87. The normalized spacial score (nSPS) is 11.6. The molecule has 0 aliphatic heterocycles. The van der Waals surface area contributed by atoms with Crippen LogP contribution in [0, 0.1) is 0 Å². The standard InChI is InChI=1S/C20H18N2O3/c1-14(25-20(24)18-12-7-13-21-18)19(23)22-17-11-6-5-10-16(17)15-8-3-2-4-9-15/h2-14,21H,1H3,(H,22,23)/t14-/m1/s1. The number of hydrogen-bond acceptors (Lipinski definition) is 3. The molecule has 1 atom stereocenters. The summed E-state index contributed by atoms with van der Waals surface area (Å²) >= 11 is 0. The Balaban J connectivity index is 1.72. The number of amides is 1. The van der Waals surface area contributed by atoms with Crippen molar-refractivity contribution in [2.75, 3.05) is 5.32 Å². The molecule has 25 heavy (non-hydrogen) atoms. The molecule has 5 heteroatoms. The number of carbonyl (C=O) groups excluding carboxylic acids is 2. The van der Waals surface area contributed by atoms with E-state index in [4.69, 9.17) is 4.74 Å². The third-order valence-corrected chi connectivity index (χ3v) is 3.74. The zero-order valence-corrected chi connectivity index (χ0v) is 13.7. The molecule has 0 aliphatic carbocycles. The van der Waals surface area contributed by atoms with Gasteiger partial charge in [-0.15, -0.1) is 0 Å². The molecular formula is C20H18N2O3. The van der Waals surface area contributed by atoms with Crippen molar-refractivity contribution in [2.24, 2.45) is 0 Å². The first-order valence-electron chi connectivity index (χ1n) is 7.95. The molecule has 5 nitrogen and oxygen atoms in total. The van der Waals surface area contributed by atoms with Crippen molar-refractivity contribution < 1.29 is 14.3 Å². The molecule has 0 saturated carbocycles. The molecule has 2 N–H and O–H groups in total. The second-order valence-electron chi connectivity index (χ2n) is 5.53. The summed E-state index contributed by atoms with van der Waals surface area (Å²) in [6.45, 7) is 1.54. The van der Waals surface area contributed by atoms with Crippen molar-refractivity contribution in [3.05, 3.63) is 78.6 Å². The monoisotopic (exact) mass is 334 g/mol. The minimum atomic E-state index is -0.917. The number of aromatic amines is 1. The average molecular weight is 334 g/mol. The van der Waals surface area contributed by atoms with Crippen molar-refractivity contribution in [3.63, 3.8) is 0 Å². The molecule has 0 unspecified atom stereocenters. The first-order chi connectivity index (χ1) is 12.1. The molecule has 1 aromatic heterocycles. The van der Waals surface area contributed by atoms with Crippen LogP contribution >= 0.6 is 0 Å². The topological polar surface area (TPSA) is 71.2 Å². The first kappa shape index (κ1) is 16.5. The van der Waals surface area contributed by atoms with Gasteiger partial charge in [0.1, 0.15) is 5.69 Å². The zero-order valence-electron chi connectivity index (χ0n) is 13.7. The molecule has 3 aromatic rings. The number of ether oxygens (including phenoxy) is 1. The number of esters is 1. The van der Waals surface area contributed by atoms with Gasteiger partial charge in [0.2, 0.25) is 0 Å². The summed E-state index contributed by atoms with van der Waals surface area (Å²) in [5.74, 6) is -0.952. The maximum atomic E-state index is 12.4. The van der Waals surface area contributed by atoms with Gasteiger partial charge in [-0.3, -0.25) is 4.79 Å². The number of hydrogen-bond donors (Lipinski definition) is 2. The Morgan fingerprint density at radius 2 is 1.68 bits per heavy atom. The zero-order chi connectivity index (χ0) is 17.6. The molecule has 0 saturated heterocycles. The van der Waals surface area contributed by atoms with Gasteiger partial charge in [-0.2, -0.15) is 0 Å². The van der Waals surface area contributed by atoms with E-state index in [1.165, 1.54) is 0 Å². The highest BCUT2D eigenvalue weighted by Gasteiger charge is 2.20. The molecule has 3 rings (SSSR count). The van der Waals surface area contributed by atoms with Gasteiger partial charge in [-0.05, 0) is 30.7 Å². The summed E-state index contributed by atoms with van der Waals surface area (Å²) in [5, 5.41) is 2.83. The van der Waals surface area contributed by atoms with Crippen LogP contribution in [0.15, 0.2) is 72.9 Å². The minimum absolute atomic E-state index is 0.310. The quantitative estimate of drug-likeness (QED) is 0.696. The van der Waals surface area contributed by atoms with Crippen molar-refractivity contribution in [1.82, 2.24) is 4.98 Å². The molecule has 0 fully saturated rings. The van der Waals surface area contributed by atoms with E-state index in [0.29, 0.717) is 11.4 Å². The third kappa shape index (κ3) is 3.95. The smallest absolute Gasteiger partial charge is 0.355 e. The Morgan fingerprint density at radius 1 is 0.960 bits per heavy atom. The highest BCUT2D eigenvalue weighted by atomic mass is 16.5. The number of aromatic nitrogens is 1. The van der Waals surface area contributed by atoms with Gasteiger partial charge >= 0.3 is 5.97 Å². The summed E-state index contributed by atoms with van der Waals surface area (Å²) in [4.78, 5) is 27.1. The van der Waals surface area contributed by atoms with Crippen molar-refractivity contribution >= 4 is 17.6 Å². The van der Waals surface area contributed by atoms with Gasteiger partial charge < -0.3 is 15.0 Å². The number of nitrogens with one attached hydrogen (secondary N) is 2. The van der Waals surface area contributed by atoms with E-state index >= 15 is 0 Å². The largest absolute Gasteiger partial charge is 0.448 e. The number of rotatable bonds is 5. The van der Waals surface area contributed by atoms with Crippen LogP contribution in [0.4, 0.5) is 5.69 Å². The summed E-state index contributed by atoms with van der Waals surface area (Å²) in [6, 6.07) is 20.6. The van der Waals surface area contributed by atoms with Crippen LogP contribution in [-0.2, 0) is 9.53 Å². The summed E-state index contributed by atoms with van der Waals surface area (Å²) < 4.78 is 5.19. The lowest BCUT2D eigenvalue weighted by atomic mass is 10.0. The lowest BCUT2D eigenvalue weighted by Crippen LogP contribution is -2.30. The summed E-state index contributed by atoms with van der Waals surface area (Å²) in [7, 11) is 0. The fraction of sp³-hybridized carbons (Fsp3) is 0.100. The van der Waals surface area contributed by atoms with Crippen molar-refractivity contribution in [1.29, 1.82) is 0 Å². The van der Waals surface area contributed by atoms with Gasteiger partial charge in [-0.1, -0.05) is 48.5 Å². The molecule has 0 bridgehead atoms. The highest BCUT2D eigenvalue weighted by molar-refractivity contribution is 5.99. The Hall–Kier alpha value is -3.34. The predicted octanol–water partition coefficient (Wildman–Crippen LogP) is 3.87. The van der Waals surface area contributed by atoms with Gasteiger partial charge in [0.05, 0.1) is 0 Å². The Bertz CT molecular complexity index is 858. The van der Waals surface area contributed by atoms with Crippen LogP contribution in [0.5, 0.6) is 0 Å². The summed E-state index contributed by atoms with van der Waals surface area (Å²) in [6.07, 6.45) is 0.705. The maximum Gasteiger partial charge on any atom is 0.355 e. The molecule has 1 amide bonds. The van der Waals surface area contributed by atoms with Gasteiger partial charge in [0.15, 0.2) is 6.10 Å². The van der Waals surface area contributed by atoms with Gasteiger partial charge in [0.25, 0.3) is 5.91 Å². The number of benzene rings is 2. The maximum absolute atomic E-state index is 12.4. The number of para-hydroxylation sites is 1. The van der Waals surface area contributed by atoms with Crippen molar-refractivity contribution in [2.45, 2.75) is 13.0 Å². The second-order valence-corrected chi connectivity index (χ2v) is 5.53. The van der Waals surface area contributed by atoms with Crippen LogP contribution in [0.3, 0.4) is 0 Å². The molecule has 0 radical (unpaired) electrons. The molecular weight excluding hydrogens is 316 g/mol. The first-order valence-corrected chi connectivity index (χ1v) is 7.95. The molecule has 0 aliphatic rings. The van der Waals surface area contributed by atoms with E-state index in [2.05, 4.69) is 10.3 Å². The van der Waals surface area contributed by atoms with Crippen LogP contribution in [0.1, 0.15) is 17.4 Å². The lowest BCUT2D eigenvalue weighted by molar-refractivity contribution is -0.123. The van der Waals surface area contributed by atoms with Crippen LogP contribution in [0.2, 0.25) is 0 Å². The average Bonchev–Trinajstić information content (AvgIpc) is 3.17. The van der Waals surface area contributed by atoms with E-state index in [1.807, 2.05) is 54.6 Å². The SMILES string of the molecule is C[C@@H](OC(=O)c1ccc[nH]1)C(=O)Nc1ccccc1-c1ccccc1. The third-order valence-electron chi connectivity index (χ3n) is 3.74. The van der Waals surface area contributed by atoms with Gasteiger partial charge in [-0.25, -0.2) is 4.79 Å². The van der Waals surface area contributed by atoms with E-state index in [9.17, 15) is 9.59 Å². The fourth-order valence-corrected chi connectivity index (χ4v) is 2.43. The molecule has 0 spiro atoms. The number of anilines is 1. The van der Waals surface area contributed by atoms with Crippen LogP contribution in [-0.4, -0.2) is 23.0 Å². The molecule has 1 heterocycles. The minimum Gasteiger partial charge on any atom is -0.448 e. The highest BCUT2D eigenvalue weighted by Crippen LogP contribution is 2.27. The van der Waals surface area contributed by atoms with Crippen LogP contribution in [0.25, 0.3) is 11.1 Å². The Labute approximate surface area is 145 Å². The second kappa shape index (κ2) is 7.49. The Kier molecular flexibility index (Phi) is 4.95. The number of H-pyrrole nitrogens is 1. The molecule has 2 aromatic carbocycles. The van der Waals surface area contributed by atoms with E-state index < -0.39 is 12.1 Å². The van der Waals surface area contributed by atoms with Crippen molar-refractivity contribution in [3.8, 4) is 11.1 Å². The molecule has 126 valence electrons. The Morgan fingerprint density at radius 3 is 2.40 bits per heavy atom. The number of carbonyl (C=O) groups is 2. The van der Waals surface area contributed by atoms with E-state index in [-0.39, 0.29) is 5.91 Å². The van der Waals surface area contributed by atoms with E-state index in [1.54, 1.807) is 25.3 Å². The van der Waals surface area contributed by atoms with Crippen LogP contribution < -0.4 is 5.32 Å². The van der Waals surface area contributed by atoms with E-state index in [0.717, 1.165) is 11.1 Å². The predicted molar refractivity (Wildman–Crippen MR) is 96.2 cm³/mol.